The second-order valence-corrected chi connectivity index (χ2v) is 8.09. The van der Waals surface area contributed by atoms with Crippen LogP contribution < -0.4 is 0 Å². The molecule has 1 aliphatic heterocycles. The van der Waals surface area contributed by atoms with E-state index in [9.17, 15) is 5.11 Å². The Kier molecular flexibility index (Phi) is 5.09. The van der Waals surface area contributed by atoms with Gasteiger partial charge in [-0.1, -0.05) is 47.8 Å². The Bertz CT molecular complexity index is 719. The van der Waals surface area contributed by atoms with Crippen LogP contribution in [-0.4, -0.2) is 39.8 Å². The topological polar surface area (TPSA) is 62.4 Å². The smallest absolute Gasteiger partial charge is 0.240 e. The number of hydrogen-bond acceptors (Lipinski definition) is 5. The van der Waals surface area contributed by atoms with Crippen LogP contribution in [0.4, 0.5) is 0 Å². The van der Waals surface area contributed by atoms with Crippen LogP contribution in [0, 0.1) is 12.8 Å². The fourth-order valence-corrected chi connectivity index (χ4v) is 4.64. The number of benzene rings is 1. The second-order valence-electron chi connectivity index (χ2n) is 8.09. The highest BCUT2D eigenvalue weighted by atomic mass is 16.5. The highest BCUT2D eigenvalue weighted by Crippen LogP contribution is 2.45. The van der Waals surface area contributed by atoms with Crippen LogP contribution in [0.2, 0.25) is 0 Å². The predicted molar refractivity (Wildman–Crippen MR) is 99.8 cm³/mol. The molecule has 4 rings (SSSR count). The van der Waals surface area contributed by atoms with Gasteiger partial charge in [0, 0.05) is 13.2 Å². The summed E-state index contributed by atoms with van der Waals surface area (Å²) in [4.78, 5) is 7.15. The summed E-state index contributed by atoms with van der Waals surface area (Å²) in [6.45, 7) is 5.03. The number of aryl methyl sites for hydroxylation is 1. The number of rotatable bonds is 5. The van der Waals surface area contributed by atoms with Gasteiger partial charge in [-0.2, -0.15) is 4.98 Å². The third kappa shape index (κ3) is 3.42. The average Bonchev–Trinajstić information content (AvgIpc) is 3.33. The molecule has 140 valence electrons. The standard InChI is InChI=1S/C21H29N3O2/c1-16-6-8-18(9-7-16)21(10-2-3-11-21)20-22-19(26-23-20)14-24-12-4-5-17(13-24)15-25/h6-9,17,25H,2-5,10-15H2,1H3. The van der Waals surface area contributed by atoms with Crippen molar-refractivity contribution in [3.63, 3.8) is 0 Å². The van der Waals surface area contributed by atoms with E-state index < -0.39 is 0 Å². The lowest BCUT2D eigenvalue weighted by molar-refractivity contribution is 0.107. The molecular weight excluding hydrogens is 326 g/mol. The molecule has 1 aliphatic carbocycles. The van der Waals surface area contributed by atoms with Gasteiger partial charge in [-0.15, -0.1) is 0 Å². The van der Waals surface area contributed by atoms with E-state index in [2.05, 4.69) is 41.2 Å². The van der Waals surface area contributed by atoms with E-state index in [-0.39, 0.29) is 12.0 Å². The van der Waals surface area contributed by atoms with Gasteiger partial charge in [0.25, 0.3) is 0 Å². The van der Waals surface area contributed by atoms with Gasteiger partial charge in [-0.05, 0) is 50.6 Å². The van der Waals surface area contributed by atoms with E-state index in [1.807, 2.05) is 0 Å². The van der Waals surface area contributed by atoms with Crippen molar-refractivity contribution >= 4 is 0 Å². The SMILES string of the molecule is Cc1ccc(C2(c3noc(CN4CCCC(CO)C4)n3)CCCC2)cc1. The molecule has 0 spiro atoms. The van der Waals surface area contributed by atoms with Crippen molar-refractivity contribution in [2.75, 3.05) is 19.7 Å². The lowest BCUT2D eigenvalue weighted by Crippen LogP contribution is -2.36. The van der Waals surface area contributed by atoms with Crippen molar-refractivity contribution in [2.24, 2.45) is 5.92 Å². The van der Waals surface area contributed by atoms with Crippen molar-refractivity contribution in [1.82, 2.24) is 15.0 Å². The molecule has 1 unspecified atom stereocenters. The molecule has 2 aromatic rings. The van der Waals surface area contributed by atoms with E-state index in [0.29, 0.717) is 18.4 Å². The van der Waals surface area contributed by atoms with Crippen LogP contribution in [0.5, 0.6) is 0 Å². The first-order chi connectivity index (χ1) is 12.7. The second kappa shape index (κ2) is 7.49. The van der Waals surface area contributed by atoms with E-state index in [4.69, 9.17) is 9.51 Å². The normalized spacial score (nSPS) is 23.4. The van der Waals surface area contributed by atoms with Gasteiger partial charge in [0.1, 0.15) is 0 Å². The fraction of sp³-hybridized carbons (Fsp3) is 0.619. The molecule has 0 amide bonds. The van der Waals surface area contributed by atoms with Gasteiger partial charge in [-0.25, -0.2) is 0 Å². The molecule has 5 nitrogen and oxygen atoms in total. The van der Waals surface area contributed by atoms with Gasteiger partial charge in [0.05, 0.1) is 12.0 Å². The van der Waals surface area contributed by atoms with Crippen molar-refractivity contribution in [3.8, 4) is 0 Å². The lowest BCUT2D eigenvalue weighted by Gasteiger charge is -2.30. The zero-order valence-corrected chi connectivity index (χ0v) is 15.7. The minimum atomic E-state index is -0.0923. The molecule has 1 N–H and O–H groups in total. The van der Waals surface area contributed by atoms with Crippen LogP contribution in [-0.2, 0) is 12.0 Å². The molecule has 1 atom stereocenters. The van der Waals surface area contributed by atoms with E-state index in [1.54, 1.807) is 0 Å². The zero-order chi connectivity index (χ0) is 18.0. The minimum absolute atomic E-state index is 0.0923. The molecule has 1 aromatic heterocycles. The molecule has 0 bridgehead atoms. The van der Waals surface area contributed by atoms with E-state index >= 15 is 0 Å². The minimum Gasteiger partial charge on any atom is -0.396 e. The van der Waals surface area contributed by atoms with Crippen LogP contribution in [0.15, 0.2) is 28.8 Å². The molecule has 1 aromatic carbocycles. The van der Waals surface area contributed by atoms with Crippen molar-refractivity contribution in [2.45, 2.75) is 57.4 Å². The molecule has 1 saturated carbocycles. The largest absolute Gasteiger partial charge is 0.396 e. The molecule has 5 heteroatoms. The fourth-order valence-electron chi connectivity index (χ4n) is 4.64. The number of aliphatic hydroxyl groups excluding tert-OH is 1. The van der Waals surface area contributed by atoms with Gasteiger partial charge in [0.2, 0.25) is 5.89 Å². The van der Waals surface area contributed by atoms with Gasteiger partial charge in [-0.3, -0.25) is 4.90 Å². The maximum atomic E-state index is 9.42. The number of piperidine rings is 1. The average molecular weight is 355 g/mol. The van der Waals surface area contributed by atoms with Crippen LogP contribution in [0.25, 0.3) is 0 Å². The summed E-state index contributed by atoms with van der Waals surface area (Å²) >= 11 is 0. The first kappa shape index (κ1) is 17.7. The Morgan fingerprint density at radius 3 is 2.69 bits per heavy atom. The van der Waals surface area contributed by atoms with Gasteiger partial charge >= 0.3 is 0 Å². The van der Waals surface area contributed by atoms with Crippen molar-refractivity contribution in [3.05, 3.63) is 47.1 Å². The molecule has 2 heterocycles. The number of aromatic nitrogens is 2. The Morgan fingerprint density at radius 1 is 1.19 bits per heavy atom. The number of hydrogen-bond donors (Lipinski definition) is 1. The summed E-state index contributed by atoms with van der Waals surface area (Å²) in [5.74, 6) is 1.93. The molecule has 1 saturated heterocycles. The Morgan fingerprint density at radius 2 is 1.96 bits per heavy atom. The van der Waals surface area contributed by atoms with Crippen molar-refractivity contribution < 1.29 is 9.63 Å². The Labute approximate surface area is 155 Å². The van der Waals surface area contributed by atoms with Crippen molar-refractivity contribution in [1.29, 1.82) is 0 Å². The highest BCUT2D eigenvalue weighted by Gasteiger charge is 2.41. The quantitative estimate of drug-likeness (QED) is 0.890. The van der Waals surface area contributed by atoms with Gasteiger partial charge in [0.15, 0.2) is 5.82 Å². The molecular formula is C21H29N3O2. The summed E-state index contributed by atoms with van der Waals surface area (Å²) in [7, 11) is 0. The summed E-state index contributed by atoms with van der Waals surface area (Å²) in [6.07, 6.45) is 6.83. The number of nitrogens with zero attached hydrogens (tertiary/aromatic N) is 3. The first-order valence-electron chi connectivity index (χ1n) is 9.93. The molecule has 2 aliphatic rings. The van der Waals surface area contributed by atoms with E-state index in [1.165, 1.54) is 24.0 Å². The summed E-state index contributed by atoms with van der Waals surface area (Å²) in [6, 6.07) is 8.82. The maximum absolute atomic E-state index is 9.42. The number of likely N-dealkylation sites (tertiary alicyclic amines) is 1. The zero-order valence-electron chi connectivity index (χ0n) is 15.7. The third-order valence-electron chi connectivity index (χ3n) is 6.18. The van der Waals surface area contributed by atoms with Crippen LogP contribution in [0.3, 0.4) is 0 Å². The molecule has 0 radical (unpaired) electrons. The maximum Gasteiger partial charge on any atom is 0.240 e. The first-order valence-corrected chi connectivity index (χ1v) is 9.93. The summed E-state index contributed by atoms with van der Waals surface area (Å²) in [5, 5.41) is 13.8. The summed E-state index contributed by atoms with van der Waals surface area (Å²) < 4.78 is 5.65. The monoisotopic (exact) mass is 355 g/mol. The summed E-state index contributed by atoms with van der Waals surface area (Å²) in [5.41, 5.74) is 2.50. The molecule has 2 fully saturated rings. The third-order valence-corrected chi connectivity index (χ3v) is 6.18. The number of aliphatic hydroxyl groups is 1. The van der Waals surface area contributed by atoms with Crippen LogP contribution >= 0.6 is 0 Å². The lowest BCUT2D eigenvalue weighted by atomic mass is 9.78. The van der Waals surface area contributed by atoms with Gasteiger partial charge < -0.3 is 9.63 Å². The Balaban J connectivity index is 1.54. The highest BCUT2D eigenvalue weighted by molar-refractivity contribution is 5.35. The van der Waals surface area contributed by atoms with Crippen LogP contribution in [0.1, 0.15) is 61.4 Å². The Hall–Kier alpha value is -1.72. The molecule has 26 heavy (non-hydrogen) atoms. The predicted octanol–water partition coefficient (Wildman–Crippen LogP) is 3.44. The van der Waals surface area contributed by atoms with E-state index in [0.717, 1.165) is 44.6 Å².